The van der Waals surface area contributed by atoms with Crippen LogP contribution in [0, 0.1) is 6.92 Å². The SMILES string of the molecule is Cc1cc(=O)oc2cc(O[C@H](C)C(=O)N[C@H](Cc3ccccc3)C(=O)OC(C)C)ccc12. The van der Waals surface area contributed by atoms with Gasteiger partial charge in [0.05, 0.1) is 6.10 Å². The third-order valence-electron chi connectivity index (χ3n) is 4.84. The summed E-state index contributed by atoms with van der Waals surface area (Å²) in [6.45, 7) is 6.91. The molecule has 3 aromatic rings. The van der Waals surface area contributed by atoms with Crippen molar-refractivity contribution in [2.24, 2.45) is 0 Å². The van der Waals surface area contributed by atoms with Gasteiger partial charge in [-0.25, -0.2) is 9.59 Å². The van der Waals surface area contributed by atoms with Gasteiger partial charge < -0.3 is 19.2 Å². The van der Waals surface area contributed by atoms with Crippen LogP contribution in [0.2, 0.25) is 0 Å². The van der Waals surface area contributed by atoms with E-state index in [1.807, 2.05) is 37.3 Å². The van der Waals surface area contributed by atoms with Crippen molar-refractivity contribution in [3.05, 3.63) is 76.1 Å². The Morgan fingerprint density at radius 2 is 1.75 bits per heavy atom. The fourth-order valence-electron chi connectivity index (χ4n) is 3.28. The van der Waals surface area contributed by atoms with Gasteiger partial charge in [0, 0.05) is 23.9 Å². The molecule has 168 valence electrons. The molecule has 1 N–H and O–H groups in total. The van der Waals surface area contributed by atoms with Gasteiger partial charge >= 0.3 is 11.6 Å². The zero-order valence-corrected chi connectivity index (χ0v) is 18.6. The Balaban J connectivity index is 1.73. The average molecular weight is 437 g/mol. The van der Waals surface area contributed by atoms with Gasteiger partial charge in [-0.05, 0) is 51.0 Å². The molecular formula is C25H27NO6. The summed E-state index contributed by atoms with van der Waals surface area (Å²) in [5.74, 6) is -0.594. The first-order valence-corrected chi connectivity index (χ1v) is 10.5. The maximum atomic E-state index is 12.8. The van der Waals surface area contributed by atoms with Crippen LogP contribution in [0.4, 0.5) is 0 Å². The van der Waals surface area contributed by atoms with Crippen molar-refractivity contribution in [3.63, 3.8) is 0 Å². The predicted molar refractivity (Wildman–Crippen MR) is 121 cm³/mol. The van der Waals surface area contributed by atoms with E-state index in [4.69, 9.17) is 13.9 Å². The Morgan fingerprint density at radius 3 is 2.44 bits per heavy atom. The van der Waals surface area contributed by atoms with Crippen molar-refractivity contribution in [2.45, 2.75) is 52.4 Å². The number of hydrogen-bond donors (Lipinski definition) is 1. The molecule has 3 rings (SSSR count). The molecule has 1 heterocycles. The fraction of sp³-hybridized carbons (Fsp3) is 0.320. The molecule has 7 nitrogen and oxygen atoms in total. The monoisotopic (exact) mass is 437 g/mol. The summed E-state index contributed by atoms with van der Waals surface area (Å²) in [7, 11) is 0. The molecule has 0 fully saturated rings. The number of hydrogen-bond acceptors (Lipinski definition) is 6. The highest BCUT2D eigenvalue weighted by Gasteiger charge is 2.26. The second-order valence-electron chi connectivity index (χ2n) is 7.90. The maximum Gasteiger partial charge on any atom is 0.336 e. The Bertz CT molecular complexity index is 1150. The molecule has 2 atom stereocenters. The van der Waals surface area contributed by atoms with E-state index < -0.39 is 29.6 Å². The summed E-state index contributed by atoms with van der Waals surface area (Å²) in [5, 5.41) is 3.52. The Labute approximate surface area is 186 Å². The van der Waals surface area contributed by atoms with Crippen molar-refractivity contribution >= 4 is 22.8 Å². The van der Waals surface area contributed by atoms with Crippen molar-refractivity contribution in [3.8, 4) is 5.75 Å². The highest BCUT2D eigenvalue weighted by atomic mass is 16.5. The second kappa shape index (κ2) is 10.1. The van der Waals surface area contributed by atoms with Crippen molar-refractivity contribution in [1.29, 1.82) is 0 Å². The molecule has 0 radical (unpaired) electrons. The fourth-order valence-corrected chi connectivity index (χ4v) is 3.28. The summed E-state index contributed by atoms with van der Waals surface area (Å²) >= 11 is 0. The number of amides is 1. The molecule has 2 aromatic carbocycles. The van der Waals surface area contributed by atoms with Crippen molar-refractivity contribution in [2.75, 3.05) is 0 Å². The second-order valence-corrected chi connectivity index (χ2v) is 7.90. The number of fused-ring (bicyclic) bond motifs is 1. The molecule has 0 saturated carbocycles. The average Bonchev–Trinajstić information content (AvgIpc) is 2.73. The van der Waals surface area contributed by atoms with E-state index in [-0.39, 0.29) is 6.10 Å². The molecule has 7 heteroatoms. The molecule has 0 bridgehead atoms. The number of ether oxygens (including phenoxy) is 2. The Morgan fingerprint density at radius 1 is 1.03 bits per heavy atom. The topological polar surface area (TPSA) is 94.8 Å². The number of rotatable bonds is 8. The van der Waals surface area contributed by atoms with E-state index in [0.717, 1.165) is 16.5 Å². The van der Waals surface area contributed by atoms with Gasteiger partial charge in [-0.15, -0.1) is 0 Å². The van der Waals surface area contributed by atoms with E-state index in [0.29, 0.717) is 17.8 Å². The number of carbonyl (C=O) groups is 2. The van der Waals surface area contributed by atoms with E-state index in [1.165, 1.54) is 6.07 Å². The Hall–Kier alpha value is -3.61. The van der Waals surface area contributed by atoms with Crippen LogP contribution < -0.4 is 15.7 Å². The van der Waals surface area contributed by atoms with E-state index in [2.05, 4.69) is 5.32 Å². The minimum atomic E-state index is -0.894. The van der Waals surface area contributed by atoms with Gasteiger partial charge in [0.2, 0.25) is 0 Å². The highest BCUT2D eigenvalue weighted by Crippen LogP contribution is 2.23. The van der Waals surface area contributed by atoms with Crippen LogP contribution in [-0.2, 0) is 20.7 Å². The van der Waals surface area contributed by atoms with Gasteiger partial charge in [-0.2, -0.15) is 0 Å². The maximum absolute atomic E-state index is 12.8. The molecule has 0 aliphatic heterocycles. The first-order chi connectivity index (χ1) is 15.2. The molecular weight excluding hydrogens is 410 g/mol. The van der Waals surface area contributed by atoms with Gasteiger partial charge in [-0.3, -0.25) is 4.79 Å². The first kappa shape index (κ1) is 23.1. The third kappa shape index (κ3) is 5.97. The van der Waals surface area contributed by atoms with Crippen LogP contribution in [-0.4, -0.2) is 30.1 Å². The number of esters is 1. The van der Waals surface area contributed by atoms with Gasteiger partial charge in [0.25, 0.3) is 5.91 Å². The lowest BCUT2D eigenvalue weighted by molar-refractivity contribution is -0.152. The number of carbonyl (C=O) groups excluding carboxylic acids is 2. The van der Waals surface area contributed by atoms with Crippen LogP contribution in [0.5, 0.6) is 5.75 Å². The van der Waals surface area contributed by atoms with Gasteiger partial charge in [-0.1, -0.05) is 30.3 Å². The largest absolute Gasteiger partial charge is 0.481 e. The normalized spacial score (nSPS) is 12.9. The van der Waals surface area contributed by atoms with E-state index in [9.17, 15) is 14.4 Å². The zero-order chi connectivity index (χ0) is 23.3. The van der Waals surface area contributed by atoms with Crippen LogP contribution in [0.1, 0.15) is 31.9 Å². The molecule has 0 spiro atoms. The number of nitrogens with one attached hydrogen (secondary N) is 1. The molecule has 1 amide bonds. The van der Waals surface area contributed by atoms with Gasteiger partial charge in [0.15, 0.2) is 6.10 Å². The summed E-state index contributed by atoms with van der Waals surface area (Å²) in [6.07, 6.45) is -0.901. The Kier molecular flexibility index (Phi) is 7.30. The summed E-state index contributed by atoms with van der Waals surface area (Å²) in [6, 6.07) is 15.0. The van der Waals surface area contributed by atoms with E-state index >= 15 is 0 Å². The smallest absolute Gasteiger partial charge is 0.336 e. The first-order valence-electron chi connectivity index (χ1n) is 10.5. The van der Waals surface area contributed by atoms with Crippen LogP contribution in [0.25, 0.3) is 11.0 Å². The molecule has 1 aromatic heterocycles. The number of benzene rings is 2. The summed E-state index contributed by atoms with van der Waals surface area (Å²) in [5.41, 5.74) is 1.61. The van der Waals surface area contributed by atoms with Crippen LogP contribution in [0.3, 0.4) is 0 Å². The zero-order valence-electron chi connectivity index (χ0n) is 18.6. The van der Waals surface area contributed by atoms with E-state index in [1.54, 1.807) is 39.0 Å². The molecule has 0 aliphatic carbocycles. The minimum Gasteiger partial charge on any atom is -0.481 e. The predicted octanol–water partition coefficient (Wildman–Crippen LogP) is 3.55. The lowest BCUT2D eigenvalue weighted by Gasteiger charge is -2.22. The minimum absolute atomic E-state index is 0.297. The lowest BCUT2D eigenvalue weighted by Crippen LogP contribution is -2.48. The molecule has 0 aliphatic rings. The number of aryl methyl sites for hydroxylation is 1. The molecule has 0 unspecified atom stereocenters. The highest BCUT2D eigenvalue weighted by molar-refractivity contribution is 5.87. The third-order valence-corrected chi connectivity index (χ3v) is 4.84. The molecule has 0 saturated heterocycles. The van der Waals surface area contributed by atoms with Crippen molar-refractivity contribution < 1.29 is 23.5 Å². The lowest BCUT2D eigenvalue weighted by atomic mass is 10.1. The standard InChI is InChI=1S/C25H27NO6/c1-15(2)30-25(29)21(13-18-8-6-5-7-9-18)26-24(28)17(4)31-19-10-11-20-16(3)12-23(27)32-22(20)14-19/h5-12,14-15,17,21H,13H2,1-4H3,(H,26,28)/t17-,21-/m1/s1. The van der Waals surface area contributed by atoms with Crippen LogP contribution in [0.15, 0.2) is 63.8 Å². The van der Waals surface area contributed by atoms with Gasteiger partial charge in [0.1, 0.15) is 17.4 Å². The summed E-state index contributed by atoms with van der Waals surface area (Å²) < 4.78 is 16.3. The van der Waals surface area contributed by atoms with Crippen LogP contribution >= 0.6 is 0 Å². The summed E-state index contributed by atoms with van der Waals surface area (Å²) in [4.78, 5) is 37.0. The quantitative estimate of drug-likeness (QED) is 0.428. The van der Waals surface area contributed by atoms with Crippen molar-refractivity contribution in [1.82, 2.24) is 5.32 Å². The molecule has 32 heavy (non-hydrogen) atoms.